The summed E-state index contributed by atoms with van der Waals surface area (Å²) in [6.45, 7) is 5.36. The first-order valence-electron chi connectivity index (χ1n) is 13.8. The third-order valence-electron chi connectivity index (χ3n) is 8.25. The van der Waals surface area contributed by atoms with Gasteiger partial charge in [0.05, 0.1) is 39.8 Å². The first kappa shape index (κ1) is 26.4. The van der Waals surface area contributed by atoms with Crippen LogP contribution in [-0.2, 0) is 6.61 Å². The van der Waals surface area contributed by atoms with Crippen LogP contribution in [0.2, 0.25) is 5.02 Å². The highest BCUT2D eigenvalue weighted by Gasteiger charge is 2.44. The molecule has 204 valence electrons. The van der Waals surface area contributed by atoms with Crippen molar-refractivity contribution < 1.29 is 9.47 Å². The molecule has 2 fully saturated rings. The molecule has 8 heteroatoms. The van der Waals surface area contributed by atoms with Gasteiger partial charge in [0, 0.05) is 29.9 Å². The van der Waals surface area contributed by atoms with Crippen LogP contribution in [0.3, 0.4) is 0 Å². The highest BCUT2D eigenvalue weighted by molar-refractivity contribution is 6.33. The van der Waals surface area contributed by atoms with Gasteiger partial charge < -0.3 is 20.1 Å². The zero-order valence-electron chi connectivity index (χ0n) is 22.5. The van der Waals surface area contributed by atoms with E-state index in [0.717, 1.165) is 47.6 Å². The molecular weight excluding hydrogens is 522 g/mol. The van der Waals surface area contributed by atoms with Gasteiger partial charge in [0.25, 0.3) is 0 Å². The van der Waals surface area contributed by atoms with E-state index in [1.807, 2.05) is 49.4 Å². The summed E-state index contributed by atoms with van der Waals surface area (Å²) in [5.41, 5.74) is 5.01. The number of fused-ring (bicyclic) bond motifs is 1. The highest BCUT2D eigenvalue weighted by Crippen LogP contribution is 2.51. The van der Waals surface area contributed by atoms with Crippen molar-refractivity contribution in [1.82, 2.24) is 15.3 Å². The van der Waals surface area contributed by atoms with Crippen molar-refractivity contribution in [2.24, 2.45) is 11.3 Å². The molecular formula is C32H32ClN5O2. The van der Waals surface area contributed by atoms with Gasteiger partial charge in [0.2, 0.25) is 0 Å². The summed E-state index contributed by atoms with van der Waals surface area (Å²) >= 11 is 6.63. The minimum atomic E-state index is 0.354. The first-order chi connectivity index (χ1) is 19.5. The fourth-order valence-corrected chi connectivity index (χ4v) is 6.21. The van der Waals surface area contributed by atoms with Gasteiger partial charge >= 0.3 is 0 Å². The SMILES string of the molecule is Cc1cccnc1COc1ccc(Nc2c(C#N)cnc3cc(OCC4CC5(CCNCC5)C4)ccc23)c(Cl)c1. The van der Waals surface area contributed by atoms with Gasteiger partial charge in [-0.25, -0.2) is 0 Å². The average Bonchev–Trinajstić information content (AvgIpc) is 2.96. The number of aryl methyl sites for hydroxylation is 1. The lowest BCUT2D eigenvalue weighted by Gasteiger charge is -2.50. The Morgan fingerprint density at radius 2 is 1.88 bits per heavy atom. The number of hydrogen-bond donors (Lipinski definition) is 2. The van der Waals surface area contributed by atoms with Gasteiger partial charge in [-0.2, -0.15) is 5.26 Å². The number of halogens is 1. The van der Waals surface area contributed by atoms with E-state index in [1.54, 1.807) is 18.5 Å². The standard InChI is InChI=1S/C32H32ClN5O2/c1-21-3-2-10-36-30(21)20-40-24-5-7-28(27(33)13-24)38-31-23(17-34)18-37-29-14-25(4-6-26(29)31)39-19-22-15-32(16-22)8-11-35-12-9-32/h2-7,10,13-14,18,22,35H,8-9,11-12,15-16,19-20H2,1H3,(H,37,38). The minimum absolute atomic E-state index is 0.354. The third-order valence-corrected chi connectivity index (χ3v) is 8.56. The van der Waals surface area contributed by atoms with Crippen molar-refractivity contribution in [1.29, 1.82) is 5.26 Å². The van der Waals surface area contributed by atoms with Gasteiger partial charge in [-0.05, 0) is 92.9 Å². The molecule has 0 unspecified atom stereocenters. The van der Waals surface area contributed by atoms with Crippen molar-refractivity contribution in [2.75, 3.05) is 25.0 Å². The van der Waals surface area contributed by atoms with Crippen LogP contribution in [0.25, 0.3) is 10.9 Å². The summed E-state index contributed by atoms with van der Waals surface area (Å²) in [5, 5.41) is 17.9. The Morgan fingerprint density at radius 1 is 1.07 bits per heavy atom. The van der Waals surface area contributed by atoms with E-state index in [2.05, 4.69) is 26.7 Å². The number of piperidine rings is 1. The van der Waals surface area contributed by atoms with E-state index >= 15 is 0 Å². The van der Waals surface area contributed by atoms with Gasteiger partial charge in [-0.15, -0.1) is 0 Å². The maximum Gasteiger partial charge on any atom is 0.130 e. The molecule has 2 N–H and O–H groups in total. The summed E-state index contributed by atoms with van der Waals surface area (Å²) in [7, 11) is 0. The lowest BCUT2D eigenvalue weighted by Crippen LogP contribution is -2.46. The molecule has 0 radical (unpaired) electrons. The Hall–Kier alpha value is -3.86. The van der Waals surface area contributed by atoms with Crippen molar-refractivity contribution in [3.63, 3.8) is 0 Å². The first-order valence-corrected chi connectivity index (χ1v) is 14.2. The predicted molar refractivity (Wildman–Crippen MR) is 157 cm³/mol. The summed E-state index contributed by atoms with van der Waals surface area (Å²) in [6.07, 6.45) is 8.42. The summed E-state index contributed by atoms with van der Waals surface area (Å²) in [5.74, 6) is 2.05. The molecule has 1 aliphatic heterocycles. The van der Waals surface area contributed by atoms with Crippen LogP contribution < -0.4 is 20.1 Å². The number of pyridine rings is 2. The molecule has 1 spiro atoms. The van der Waals surface area contributed by atoms with Crippen molar-refractivity contribution in [3.8, 4) is 17.6 Å². The van der Waals surface area contributed by atoms with Crippen molar-refractivity contribution in [3.05, 3.63) is 82.8 Å². The lowest BCUT2D eigenvalue weighted by molar-refractivity contribution is -0.00202. The maximum absolute atomic E-state index is 9.79. The van der Waals surface area contributed by atoms with Gasteiger partial charge in [-0.1, -0.05) is 17.7 Å². The zero-order chi connectivity index (χ0) is 27.5. The Balaban J connectivity index is 1.14. The van der Waals surface area contributed by atoms with Gasteiger partial charge in [0.15, 0.2) is 0 Å². The molecule has 2 aliphatic rings. The Morgan fingerprint density at radius 3 is 2.65 bits per heavy atom. The lowest BCUT2D eigenvalue weighted by atomic mass is 9.58. The second kappa shape index (κ2) is 11.3. The number of aromatic nitrogens is 2. The predicted octanol–water partition coefficient (Wildman–Crippen LogP) is 6.94. The van der Waals surface area contributed by atoms with Crippen LogP contribution in [0.4, 0.5) is 11.4 Å². The van der Waals surface area contributed by atoms with E-state index in [4.69, 9.17) is 21.1 Å². The van der Waals surface area contributed by atoms with Gasteiger partial charge in [0.1, 0.15) is 24.2 Å². The summed E-state index contributed by atoms with van der Waals surface area (Å²) in [4.78, 5) is 8.90. The Bertz CT molecular complexity index is 1570. The molecule has 2 aromatic carbocycles. The molecule has 40 heavy (non-hydrogen) atoms. The molecule has 0 amide bonds. The highest BCUT2D eigenvalue weighted by atomic mass is 35.5. The second-order valence-corrected chi connectivity index (χ2v) is 11.4. The van der Waals surface area contributed by atoms with Crippen LogP contribution in [-0.4, -0.2) is 29.7 Å². The normalized spacial score (nSPS) is 16.3. The second-order valence-electron chi connectivity index (χ2n) is 11.0. The monoisotopic (exact) mass is 553 g/mol. The molecule has 3 heterocycles. The van der Waals surface area contributed by atoms with Gasteiger partial charge in [-0.3, -0.25) is 9.97 Å². The average molecular weight is 554 g/mol. The zero-order valence-corrected chi connectivity index (χ0v) is 23.3. The van der Waals surface area contributed by atoms with E-state index in [9.17, 15) is 5.26 Å². The molecule has 1 aliphatic carbocycles. The molecule has 2 aromatic heterocycles. The molecule has 7 nitrogen and oxygen atoms in total. The minimum Gasteiger partial charge on any atom is -0.493 e. The Kier molecular flexibility index (Phi) is 7.46. The number of nitrogens with zero attached hydrogens (tertiary/aromatic N) is 3. The topological polar surface area (TPSA) is 92.1 Å². The smallest absolute Gasteiger partial charge is 0.130 e. The molecule has 1 saturated carbocycles. The molecule has 0 atom stereocenters. The number of nitrogens with one attached hydrogen (secondary N) is 2. The largest absolute Gasteiger partial charge is 0.493 e. The molecule has 4 aromatic rings. The number of ether oxygens (including phenoxy) is 2. The van der Waals surface area contributed by atoms with Crippen LogP contribution in [0.15, 0.2) is 60.9 Å². The van der Waals surface area contributed by atoms with E-state index < -0.39 is 0 Å². The summed E-state index contributed by atoms with van der Waals surface area (Å²) in [6, 6.07) is 17.5. The van der Waals surface area contributed by atoms with E-state index in [0.29, 0.717) is 45.7 Å². The van der Waals surface area contributed by atoms with Crippen molar-refractivity contribution in [2.45, 2.75) is 39.2 Å². The van der Waals surface area contributed by atoms with Crippen LogP contribution in [0, 0.1) is 29.6 Å². The molecule has 1 saturated heterocycles. The fourth-order valence-electron chi connectivity index (χ4n) is 5.99. The maximum atomic E-state index is 9.79. The quantitative estimate of drug-likeness (QED) is 0.244. The third kappa shape index (κ3) is 5.56. The van der Waals surface area contributed by atoms with Crippen LogP contribution in [0.1, 0.15) is 42.5 Å². The van der Waals surface area contributed by atoms with Crippen LogP contribution >= 0.6 is 11.6 Å². The van der Waals surface area contributed by atoms with E-state index in [-0.39, 0.29) is 0 Å². The van der Waals surface area contributed by atoms with E-state index in [1.165, 1.54) is 25.7 Å². The number of anilines is 2. The molecule has 6 rings (SSSR count). The van der Waals surface area contributed by atoms with Crippen LogP contribution in [0.5, 0.6) is 11.5 Å². The number of rotatable bonds is 8. The van der Waals surface area contributed by atoms with Crippen molar-refractivity contribution >= 4 is 33.9 Å². The number of benzene rings is 2. The number of hydrogen-bond acceptors (Lipinski definition) is 7. The summed E-state index contributed by atoms with van der Waals surface area (Å²) < 4.78 is 12.1. The molecule has 0 bridgehead atoms. The Labute approximate surface area is 239 Å². The fraction of sp³-hybridized carbons (Fsp3) is 0.344. The number of nitriles is 1.